The highest BCUT2D eigenvalue weighted by Crippen LogP contribution is 2.41. The minimum absolute atomic E-state index is 0.0306. The predicted octanol–water partition coefficient (Wildman–Crippen LogP) is 9.87. The molecule has 0 spiro atoms. The second-order valence-corrected chi connectivity index (χ2v) is 8.48. The average Bonchev–Trinajstić information content (AvgIpc) is 3.41. The van der Waals surface area contributed by atoms with E-state index in [1.807, 2.05) is 36.4 Å². The molecule has 0 aliphatic heterocycles. The van der Waals surface area contributed by atoms with Crippen LogP contribution in [0.3, 0.4) is 0 Å². The molecule has 0 atom stereocenters. The number of furan rings is 1. The van der Waals surface area contributed by atoms with Crippen LogP contribution in [0, 0.1) is 0 Å². The van der Waals surface area contributed by atoms with Gasteiger partial charge in [-0.15, -0.1) is 0 Å². The van der Waals surface area contributed by atoms with Gasteiger partial charge in [0.2, 0.25) is 0 Å². The molecule has 0 bridgehead atoms. The van der Waals surface area contributed by atoms with E-state index in [2.05, 4.69) is 0 Å². The van der Waals surface area contributed by atoms with Crippen molar-refractivity contribution in [2.75, 3.05) is 0 Å². The van der Waals surface area contributed by atoms with Gasteiger partial charge < -0.3 is 4.42 Å². The van der Waals surface area contributed by atoms with Crippen LogP contribution in [-0.4, -0.2) is 0 Å². The molecule has 1 aromatic heterocycles. The summed E-state index contributed by atoms with van der Waals surface area (Å²) in [5.74, 6) is 0. The van der Waals surface area contributed by atoms with Gasteiger partial charge in [0.1, 0.15) is 11.2 Å². The number of benzene rings is 7. The highest BCUT2D eigenvalue weighted by Gasteiger charge is 2.15. The van der Waals surface area contributed by atoms with E-state index in [1.54, 1.807) is 18.2 Å². The number of hydrogen-bond acceptors (Lipinski definition) is 1. The lowest BCUT2D eigenvalue weighted by Gasteiger charge is -2.11. The Balaban J connectivity index is 1.65. The molecule has 0 aliphatic rings. The highest BCUT2D eigenvalue weighted by atomic mass is 16.3. The minimum atomic E-state index is -0.590. The van der Waals surface area contributed by atoms with E-state index in [9.17, 15) is 2.74 Å². The fourth-order valence-electron chi connectivity index (χ4n) is 4.92. The molecule has 8 rings (SSSR count). The second kappa shape index (κ2) is 6.94. The van der Waals surface area contributed by atoms with Gasteiger partial charge in [-0.2, -0.15) is 0 Å². The van der Waals surface area contributed by atoms with E-state index >= 15 is 0 Å². The standard InChI is InChI=1S/C34H20O/c1-2-9-23-19-33-31(18-22(23)8-1)34-28(13-6-14-32(34)35-33)27-12-5-10-24-17-25-16-15-21-7-3-4-11-26(21)29(25)20-30(24)27/h1-20H/i3D,4D,5D,7D,10D,11D,12D,15D,16D,17D,20D. The lowest BCUT2D eigenvalue weighted by molar-refractivity contribution is 0.669. The van der Waals surface area contributed by atoms with Gasteiger partial charge in [-0.25, -0.2) is 0 Å². The SMILES string of the molecule is [2H]c1c([2H])c(-c2cccc3oc4cc5ccccc5cc4c23)c2c([2H])c3c(c([2H])c([2H])c4c([2H])c([2H])c([2H])c([2H])c43)c([2H])c2c1[2H]. The van der Waals surface area contributed by atoms with Gasteiger partial charge in [0.15, 0.2) is 0 Å². The summed E-state index contributed by atoms with van der Waals surface area (Å²) in [6.45, 7) is 0. The molecule has 0 fully saturated rings. The first-order valence-corrected chi connectivity index (χ1v) is 11.1. The Morgan fingerprint density at radius 3 is 2.23 bits per heavy atom. The first-order chi connectivity index (χ1) is 21.9. The Morgan fingerprint density at radius 2 is 1.29 bits per heavy atom. The van der Waals surface area contributed by atoms with Crippen LogP contribution < -0.4 is 0 Å². The van der Waals surface area contributed by atoms with Gasteiger partial charge in [0.05, 0.1) is 15.1 Å². The summed E-state index contributed by atoms with van der Waals surface area (Å²) in [4.78, 5) is 0. The third-order valence-corrected chi connectivity index (χ3v) is 6.51. The number of rotatable bonds is 1. The van der Waals surface area contributed by atoms with Crippen LogP contribution in [0.1, 0.15) is 15.1 Å². The topological polar surface area (TPSA) is 13.1 Å². The Labute approximate surface area is 217 Å². The summed E-state index contributed by atoms with van der Waals surface area (Å²) in [5.41, 5.74) is 1.59. The van der Waals surface area contributed by atoms with Crippen LogP contribution in [0.2, 0.25) is 0 Å². The zero-order valence-electron chi connectivity index (χ0n) is 29.1. The van der Waals surface area contributed by atoms with E-state index in [0.717, 1.165) is 16.2 Å². The molecule has 1 heterocycles. The Hall–Kier alpha value is -4.62. The van der Waals surface area contributed by atoms with E-state index in [4.69, 9.17) is 16.8 Å². The largest absolute Gasteiger partial charge is 0.456 e. The van der Waals surface area contributed by atoms with Gasteiger partial charge in [-0.05, 0) is 84.5 Å². The van der Waals surface area contributed by atoms with Crippen LogP contribution in [0.5, 0.6) is 0 Å². The zero-order valence-corrected chi connectivity index (χ0v) is 18.1. The predicted molar refractivity (Wildman–Crippen MR) is 149 cm³/mol. The summed E-state index contributed by atoms with van der Waals surface area (Å²) in [6, 6.07) is 11.5. The fourth-order valence-corrected chi connectivity index (χ4v) is 4.92. The molecular weight excluding hydrogens is 424 g/mol. The van der Waals surface area contributed by atoms with Crippen molar-refractivity contribution in [3.8, 4) is 11.1 Å². The molecule has 0 aliphatic carbocycles. The maximum absolute atomic E-state index is 9.53. The summed E-state index contributed by atoms with van der Waals surface area (Å²) >= 11 is 0. The second-order valence-electron chi connectivity index (χ2n) is 8.48. The van der Waals surface area contributed by atoms with Crippen molar-refractivity contribution in [3.63, 3.8) is 0 Å². The van der Waals surface area contributed by atoms with Gasteiger partial charge in [0, 0.05) is 10.8 Å². The molecule has 8 aromatic rings. The first kappa shape index (κ1) is 11.2. The maximum Gasteiger partial charge on any atom is 0.136 e. The smallest absolute Gasteiger partial charge is 0.136 e. The van der Waals surface area contributed by atoms with Gasteiger partial charge in [-0.3, -0.25) is 0 Å². The molecule has 0 N–H and O–H groups in total. The molecule has 1 nitrogen and oxygen atoms in total. The molecular formula is C34H20O. The summed E-state index contributed by atoms with van der Waals surface area (Å²) in [6.07, 6.45) is 0. The molecule has 162 valence electrons. The van der Waals surface area contributed by atoms with E-state index in [-0.39, 0.29) is 50.0 Å². The zero-order chi connectivity index (χ0) is 32.5. The van der Waals surface area contributed by atoms with E-state index in [0.29, 0.717) is 22.1 Å². The summed E-state index contributed by atoms with van der Waals surface area (Å²) < 4.78 is 103. The Morgan fingerprint density at radius 1 is 0.486 bits per heavy atom. The lowest BCUT2D eigenvalue weighted by Crippen LogP contribution is -1.85. The third kappa shape index (κ3) is 2.70. The van der Waals surface area contributed by atoms with Crippen molar-refractivity contribution in [3.05, 3.63) is 121 Å². The first-order valence-electron chi connectivity index (χ1n) is 16.6. The molecule has 35 heavy (non-hydrogen) atoms. The van der Waals surface area contributed by atoms with Crippen LogP contribution in [0.4, 0.5) is 0 Å². The molecule has 0 amide bonds. The number of fused-ring (bicyclic) bond motifs is 8. The van der Waals surface area contributed by atoms with Gasteiger partial charge in [-0.1, -0.05) is 90.8 Å². The number of hydrogen-bond donors (Lipinski definition) is 0. The van der Waals surface area contributed by atoms with Crippen LogP contribution in [-0.2, 0) is 0 Å². The Kier molecular flexibility index (Phi) is 2.22. The maximum atomic E-state index is 9.53. The molecule has 0 radical (unpaired) electrons. The molecule has 0 saturated carbocycles. The van der Waals surface area contributed by atoms with Crippen LogP contribution >= 0.6 is 0 Å². The van der Waals surface area contributed by atoms with Crippen molar-refractivity contribution in [2.45, 2.75) is 0 Å². The third-order valence-electron chi connectivity index (χ3n) is 6.51. The molecule has 0 saturated heterocycles. The van der Waals surface area contributed by atoms with Crippen LogP contribution in [0.25, 0.3) is 76.2 Å². The van der Waals surface area contributed by atoms with Crippen LogP contribution in [0.15, 0.2) is 125 Å². The monoisotopic (exact) mass is 455 g/mol. The molecule has 1 heteroatoms. The van der Waals surface area contributed by atoms with E-state index in [1.165, 1.54) is 0 Å². The summed E-state index contributed by atoms with van der Waals surface area (Å²) in [7, 11) is 0. The van der Waals surface area contributed by atoms with Crippen molar-refractivity contribution in [1.29, 1.82) is 0 Å². The fraction of sp³-hybridized carbons (Fsp3) is 0. The molecule has 7 aromatic carbocycles. The molecule has 0 unspecified atom stereocenters. The normalized spacial score (nSPS) is 16.4. The highest BCUT2D eigenvalue weighted by molar-refractivity contribution is 6.19. The summed E-state index contributed by atoms with van der Waals surface area (Å²) in [5, 5.41) is 2.25. The van der Waals surface area contributed by atoms with Crippen molar-refractivity contribution in [1.82, 2.24) is 0 Å². The van der Waals surface area contributed by atoms with E-state index < -0.39 is 54.4 Å². The van der Waals surface area contributed by atoms with Gasteiger partial charge >= 0.3 is 0 Å². The lowest BCUT2D eigenvalue weighted by atomic mass is 9.91. The minimum Gasteiger partial charge on any atom is -0.456 e. The quantitative estimate of drug-likeness (QED) is 0.177. The van der Waals surface area contributed by atoms with Crippen molar-refractivity contribution < 1.29 is 19.5 Å². The Bertz CT molecular complexity index is 2710. The average molecular weight is 456 g/mol. The van der Waals surface area contributed by atoms with Crippen molar-refractivity contribution in [2.24, 2.45) is 0 Å². The van der Waals surface area contributed by atoms with Crippen molar-refractivity contribution >= 4 is 65.0 Å². The van der Waals surface area contributed by atoms with Gasteiger partial charge in [0.25, 0.3) is 0 Å².